The van der Waals surface area contributed by atoms with Crippen LogP contribution in [0.2, 0.25) is 0 Å². The van der Waals surface area contributed by atoms with Gasteiger partial charge in [0, 0.05) is 5.56 Å². The molecule has 0 spiro atoms. The van der Waals surface area contributed by atoms with Crippen LogP contribution in [0.3, 0.4) is 0 Å². The largest absolute Gasteiger partial charge is 0.507 e. The van der Waals surface area contributed by atoms with Gasteiger partial charge in [-0.05, 0) is 36.4 Å². The molecule has 0 saturated carbocycles. The fourth-order valence-corrected chi connectivity index (χ4v) is 1.73. The van der Waals surface area contributed by atoms with E-state index in [1.165, 1.54) is 42.5 Å². The Morgan fingerprint density at radius 1 is 1.09 bits per heavy atom. The van der Waals surface area contributed by atoms with Crippen molar-refractivity contribution >= 4 is 24.0 Å². The average Bonchev–Trinajstić information content (AvgIpc) is 2.47. The highest BCUT2D eigenvalue weighted by molar-refractivity contribution is 6.01. The van der Waals surface area contributed by atoms with Crippen LogP contribution in [0.25, 0.3) is 0 Å². The second kappa shape index (κ2) is 6.40. The number of anilines is 1. The summed E-state index contributed by atoms with van der Waals surface area (Å²) in [6.07, 6.45) is -0.276. The van der Waals surface area contributed by atoms with Crippen molar-refractivity contribution in [3.8, 4) is 11.5 Å². The lowest BCUT2D eigenvalue weighted by Crippen LogP contribution is -2.18. The number of amides is 1. The highest BCUT2D eigenvalue weighted by Gasteiger charge is 2.17. The van der Waals surface area contributed by atoms with Gasteiger partial charge in [-0.2, -0.15) is 0 Å². The molecule has 0 atom stereocenters. The minimum Gasteiger partial charge on any atom is -0.507 e. The number of hydrogen-bond acceptors (Lipinski definition) is 5. The first-order chi connectivity index (χ1) is 10.5. The Morgan fingerprint density at radius 3 is 2.36 bits per heavy atom. The van der Waals surface area contributed by atoms with Crippen molar-refractivity contribution in [2.45, 2.75) is 0 Å². The van der Waals surface area contributed by atoms with Crippen molar-refractivity contribution < 1.29 is 29.3 Å². The first kappa shape index (κ1) is 15.0. The lowest BCUT2D eigenvalue weighted by molar-refractivity contribution is 0.0694. The predicted octanol–water partition coefficient (Wildman–Crippen LogP) is 2.51. The number of hydrogen-bond donors (Lipinski definition) is 3. The Labute approximate surface area is 124 Å². The van der Waals surface area contributed by atoms with E-state index in [1.54, 1.807) is 0 Å². The van der Waals surface area contributed by atoms with Crippen molar-refractivity contribution in [2.24, 2.45) is 0 Å². The van der Waals surface area contributed by atoms with Gasteiger partial charge in [-0.1, -0.05) is 6.07 Å². The number of rotatable bonds is 4. The number of aromatic carboxylic acids is 1. The lowest BCUT2D eigenvalue weighted by Gasteiger charge is -2.10. The molecule has 2 aromatic carbocycles. The van der Waals surface area contributed by atoms with Gasteiger partial charge in [0.25, 0.3) is 0 Å². The van der Waals surface area contributed by atoms with Crippen LogP contribution in [0.1, 0.15) is 20.7 Å². The van der Waals surface area contributed by atoms with E-state index in [0.717, 1.165) is 0 Å². The Balaban J connectivity index is 2.13. The molecular weight excluding hydrogens is 290 g/mol. The topological polar surface area (TPSA) is 113 Å². The maximum absolute atomic E-state index is 11.7. The molecule has 3 N–H and O–H groups in total. The third-order valence-electron chi connectivity index (χ3n) is 2.72. The smallest absolute Gasteiger partial charge is 0.417 e. The van der Waals surface area contributed by atoms with Crippen LogP contribution in [0.5, 0.6) is 11.5 Å². The molecule has 2 aromatic rings. The van der Waals surface area contributed by atoms with Gasteiger partial charge in [-0.25, -0.2) is 9.59 Å². The predicted molar refractivity (Wildman–Crippen MR) is 76.5 cm³/mol. The van der Waals surface area contributed by atoms with Crippen LogP contribution in [-0.4, -0.2) is 28.6 Å². The number of aldehydes is 1. The molecule has 0 aliphatic heterocycles. The van der Waals surface area contributed by atoms with Crippen LogP contribution >= 0.6 is 0 Å². The molecule has 2 rings (SSSR count). The zero-order chi connectivity index (χ0) is 16.1. The molecule has 0 aliphatic rings. The number of benzene rings is 2. The molecule has 0 aliphatic carbocycles. The van der Waals surface area contributed by atoms with E-state index in [1.807, 2.05) is 0 Å². The maximum atomic E-state index is 11.7. The second-order valence-electron chi connectivity index (χ2n) is 4.21. The number of nitrogens with one attached hydrogen (secondary N) is 1. The summed E-state index contributed by atoms with van der Waals surface area (Å²) >= 11 is 0. The van der Waals surface area contributed by atoms with E-state index >= 15 is 0 Å². The summed E-state index contributed by atoms with van der Waals surface area (Å²) in [6.45, 7) is 0. The Bertz CT molecular complexity index is 723. The summed E-state index contributed by atoms with van der Waals surface area (Å²) in [5.74, 6) is -1.68. The minimum atomic E-state index is -1.39. The van der Waals surface area contributed by atoms with Crippen molar-refractivity contribution in [2.75, 3.05) is 5.32 Å². The van der Waals surface area contributed by atoms with E-state index in [9.17, 15) is 19.5 Å². The van der Waals surface area contributed by atoms with Crippen LogP contribution in [0, 0.1) is 0 Å². The molecule has 0 radical (unpaired) electrons. The third-order valence-corrected chi connectivity index (χ3v) is 2.72. The second-order valence-corrected chi connectivity index (χ2v) is 4.21. The molecule has 0 bridgehead atoms. The highest BCUT2D eigenvalue weighted by atomic mass is 16.6. The molecule has 0 aromatic heterocycles. The Kier molecular flexibility index (Phi) is 4.38. The maximum Gasteiger partial charge on any atom is 0.417 e. The highest BCUT2D eigenvalue weighted by Crippen LogP contribution is 2.25. The first-order valence-corrected chi connectivity index (χ1v) is 6.10. The number of carbonyl (C=O) groups excluding carboxylic acids is 2. The Morgan fingerprint density at radius 2 is 1.77 bits per heavy atom. The van der Waals surface area contributed by atoms with E-state index in [2.05, 4.69) is 5.32 Å². The van der Waals surface area contributed by atoms with Gasteiger partial charge >= 0.3 is 12.1 Å². The summed E-state index contributed by atoms with van der Waals surface area (Å²) in [5.41, 5.74) is -0.105. The van der Waals surface area contributed by atoms with Crippen molar-refractivity contribution in [3.05, 3.63) is 53.6 Å². The molecule has 0 heterocycles. The molecule has 0 saturated heterocycles. The molecule has 22 heavy (non-hydrogen) atoms. The van der Waals surface area contributed by atoms with Crippen LogP contribution < -0.4 is 10.1 Å². The van der Waals surface area contributed by atoms with Crippen molar-refractivity contribution in [3.63, 3.8) is 0 Å². The van der Waals surface area contributed by atoms with Gasteiger partial charge in [0.1, 0.15) is 23.3 Å². The number of carboxylic acids is 1. The number of phenols is 1. The quantitative estimate of drug-likeness (QED) is 0.748. The zero-order valence-electron chi connectivity index (χ0n) is 11.1. The van der Waals surface area contributed by atoms with Crippen molar-refractivity contribution in [1.29, 1.82) is 0 Å². The zero-order valence-corrected chi connectivity index (χ0v) is 11.1. The molecule has 0 unspecified atom stereocenters. The van der Waals surface area contributed by atoms with E-state index < -0.39 is 23.4 Å². The van der Waals surface area contributed by atoms with Gasteiger partial charge < -0.3 is 14.9 Å². The summed E-state index contributed by atoms with van der Waals surface area (Å²) < 4.78 is 4.95. The van der Waals surface area contributed by atoms with Gasteiger partial charge in [-0.3, -0.25) is 10.1 Å². The van der Waals surface area contributed by atoms with Gasteiger partial charge in [-0.15, -0.1) is 0 Å². The third kappa shape index (κ3) is 3.40. The Hall–Kier alpha value is -3.35. The normalized spacial score (nSPS) is 9.82. The fourth-order valence-electron chi connectivity index (χ4n) is 1.73. The van der Waals surface area contributed by atoms with E-state index in [0.29, 0.717) is 11.8 Å². The fraction of sp³-hybridized carbons (Fsp3) is 0. The molecule has 0 fully saturated rings. The number of carboxylic acid groups (broad SMARTS) is 1. The standard InChI is InChI=1S/C15H11NO6/c17-8-9-4-6-10(7-5-9)22-15(21)16-11-2-1-3-12(18)13(11)14(19)20/h1-8,18H,(H,16,21)(H,19,20). The molecular formula is C15H11NO6. The SMILES string of the molecule is O=Cc1ccc(OC(=O)Nc2cccc(O)c2C(=O)O)cc1. The molecule has 7 heteroatoms. The molecule has 1 amide bonds. The van der Waals surface area contributed by atoms with E-state index in [-0.39, 0.29) is 11.4 Å². The number of ether oxygens (including phenoxy) is 1. The number of carbonyl (C=O) groups is 3. The molecule has 7 nitrogen and oxygen atoms in total. The summed E-state index contributed by atoms with van der Waals surface area (Å²) in [7, 11) is 0. The average molecular weight is 301 g/mol. The van der Waals surface area contributed by atoms with Crippen LogP contribution in [0.4, 0.5) is 10.5 Å². The van der Waals surface area contributed by atoms with Gasteiger partial charge in [0.2, 0.25) is 0 Å². The monoisotopic (exact) mass is 301 g/mol. The summed E-state index contributed by atoms with van der Waals surface area (Å²) in [6, 6.07) is 9.67. The van der Waals surface area contributed by atoms with Gasteiger partial charge in [0.15, 0.2) is 0 Å². The number of aromatic hydroxyl groups is 1. The van der Waals surface area contributed by atoms with Crippen LogP contribution in [0.15, 0.2) is 42.5 Å². The summed E-state index contributed by atoms with van der Waals surface area (Å²) in [5, 5.41) is 20.8. The van der Waals surface area contributed by atoms with Crippen LogP contribution in [-0.2, 0) is 0 Å². The summed E-state index contributed by atoms with van der Waals surface area (Å²) in [4.78, 5) is 33.3. The first-order valence-electron chi connectivity index (χ1n) is 6.10. The van der Waals surface area contributed by atoms with Gasteiger partial charge in [0.05, 0.1) is 5.69 Å². The lowest BCUT2D eigenvalue weighted by atomic mass is 10.1. The minimum absolute atomic E-state index is 0.0954. The molecule has 112 valence electrons. The van der Waals surface area contributed by atoms with E-state index in [4.69, 9.17) is 9.84 Å². The van der Waals surface area contributed by atoms with Crippen molar-refractivity contribution in [1.82, 2.24) is 0 Å².